The standard InChI is InChI=1S/C21H22N2O4S2/c1-3-26-14-10-8-13(9-11-14)23-20(25)18-15-6-5-7-16(15)29-19(18)22-21(23)28-12-17(24)27-4-2/h8-11H,3-7,12H2,1-2H3. The highest BCUT2D eigenvalue weighted by molar-refractivity contribution is 7.99. The minimum Gasteiger partial charge on any atom is -0.494 e. The summed E-state index contributed by atoms with van der Waals surface area (Å²) in [6, 6.07) is 7.38. The van der Waals surface area contributed by atoms with Crippen molar-refractivity contribution < 1.29 is 14.3 Å². The molecular weight excluding hydrogens is 408 g/mol. The molecule has 8 heteroatoms. The van der Waals surface area contributed by atoms with E-state index in [9.17, 15) is 9.59 Å². The number of fused-ring (bicyclic) bond motifs is 3. The van der Waals surface area contributed by atoms with Crippen molar-refractivity contribution in [3.63, 3.8) is 0 Å². The van der Waals surface area contributed by atoms with Gasteiger partial charge >= 0.3 is 5.97 Å². The predicted octanol–water partition coefficient (Wildman–Crippen LogP) is 3.99. The summed E-state index contributed by atoms with van der Waals surface area (Å²) < 4.78 is 12.1. The molecule has 0 bridgehead atoms. The second kappa shape index (κ2) is 8.59. The molecule has 3 aromatic rings. The van der Waals surface area contributed by atoms with Gasteiger partial charge in [-0.2, -0.15) is 0 Å². The van der Waals surface area contributed by atoms with E-state index in [-0.39, 0.29) is 17.3 Å². The van der Waals surface area contributed by atoms with Crippen molar-refractivity contribution in [3.05, 3.63) is 45.1 Å². The summed E-state index contributed by atoms with van der Waals surface area (Å²) in [6.45, 7) is 4.61. The molecule has 0 unspecified atom stereocenters. The summed E-state index contributed by atoms with van der Waals surface area (Å²) in [4.78, 5) is 32.2. The number of carbonyl (C=O) groups is 1. The van der Waals surface area contributed by atoms with Gasteiger partial charge in [0, 0.05) is 4.88 Å². The number of benzene rings is 1. The fourth-order valence-electron chi connectivity index (χ4n) is 3.53. The van der Waals surface area contributed by atoms with Crippen molar-refractivity contribution >= 4 is 39.3 Å². The smallest absolute Gasteiger partial charge is 0.316 e. The lowest BCUT2D eigenvalue weighted by atomic mass is 10.2. The molecule has 0 aliphatic heterocycles. The summed E-state index contributed by atoms with van der Waals surface area (Å²) in [5, 5.41) is 1.22. The van der Waals surface area contributed by atoms with E-state index in [1.165, 1.54) is 16.6 Å². The SMILES string of the molecule is CCOC(=O)CSc1nc2sc3c(c2c(=O)n1-c1ccc(OCC)cc1)CCC3. The minimum absolute atomic E-state index is 0.0788. The molecule has 29 heavy (non-hydrogen) atoms. The lowest BCUT2D eigenvalue weighted by molar-refractivity contribution is -0.139. The molecule has 0 N–H and O–H groups in total. The molecular formula is C21H22N2O4S2. The van der Waals surface area contributed by atoms with Gasteiger partial charge in [0.1, 0.15) is 10.6 Å². The lowest BCUT2D eigenvalue weighted by Gasteiger charge is -2.13. The fourth-order valence-corrected chi connectivity index (χ4v) is 5.65. The predicted molar refractivity (Wildman–Crippen MR) is 116 cm³/mol. The second-order valence-corrected chi connectivity index (χ2v) is 8.62. The maximum atomic E-state index is 13.5. The molecule has 4 rings (SSSR count). The van der Waals surface area contributed by atoms with Crippen LogP contribution in [0.1, 0.15) is 30.7 Å². The number of ether oxygens (including phenoxy) is 2. The number of esters is 1. The molecule has 0 fully saturated rings. The van der Waals surface area contributed by atoms with Gasteiger partial charge in [0.2, 0.25) is 0 Å². The molecule has 1 aromatic carbocycles. The van der Waals surface area contributed by atoms with Gasteiger partial charge in [-0.3, -0.25) is 14.2 Å². The van der Waals surface area contributed by atoms with E-state index in [2.05, 4.69) is 0 Å². The Hall–Kier alpha value is -2.32. The normalized spacial score (nSPS) is 12.9. The van der Waals surface area contributed by atoms with Gasteiger partial charge in [0.25, 0.3) is 5.56 Å². The van der Waals surface area contributed by atoms with Crippen LogP contribution in [0.15, 0.2) is 34.2 Å². The number of nitrogens with zero attached hydrogens (tertiary/aromatic N) is 2. The van der Waals surface area contributed by atoms with Crippen molar-refractivity contribution in [2.75, 3.05) is 19.0 Å². The third kappa shape index (κ3) is 3.91. The summed E-state index contributed by atoms with van der Waals surface area (Å²) in [5.74, 6) is 0.530. The van der Waals surface area contributed by atoms with Gasteiger partial charge in [-0.15, -0.1) is 11.3 Å². The van der Waals surface area contributed by atoms with Gasteiger partial charge in [0.15, 0.2) is 5.16 Å². The summed E-state index contributed by atoms with van der Waals surface area (Å²) in [5.41, 5.74) is 1.77. The Morgan fingerprint density at radius 1 is 1.21 bits per heavy atom. The fraction of sp³-hybridized carbons (Fsp3) is 0.381. The first-order valence-electron chi connectivity index (χ1n) is 9.71. The quantitative estimate of drug-likeness (QED) is 0.321. The third-order valence-corrected chi connectivity index (χ3v) is 6.84. The molecule has 0 saturated carbocycles. The molecule has 6 nitrogen and oxygen atoms in total. The van der Waals surface area contributed by atoms with Crippen LogP contribution in [0.2, 0.25) is 0 Å². The van der Waals surface area contributed by atoms with Crippen LogP contribution in [0.25, 0.3) is 15.9 Å². The zero-order valence-electron chi connectivity index (χ0n) is 16.4. The number of hydrogen-bond donors (Lipinski definition) is 0. The molecule has 0 radical (unpaired) electrons. The van der Waals surface area contributed by atoms with E-state index in [0.717, 1.165) is 40.8 Å². The first-order chi connectivity index (χ1) is 14.1. The van der Waals surface area contributed by atoms with Gasteiger partial charge < -0.3 is 9.47 Å². The highest BCUT2D eigenvalue weighted by Crippen LogP contribution is 2.36. The molecule has 1 aliphatic rings. The number of thiophene rings is 1. The molecule has 0 amide bonds. The molecule has 0 spiro atoms. The van der Waals surface area contributed by atoms with Gasteiger partial charge in [-0.25, -0.2) is 4.98 Å². The Bertz CT molecular complexity index is 1100. The third-order valence-electron chi connectivity index (χ3n) is 4.74. The molecule has 2 aromatic heterocycles. The monoisotopic (exact) mass is 430 g/mol. The van der Waals surface area contributed by atoms with Crippen LogP contribution in [0.4, 0.5) is 0 Å². The van der Waals surface area contributed by atoms with Crippen LogP contribution >= 0.6 is 23.1 Å². The Balaban J connectivity index is 1.82. The van der Waals surface area contributed by atoms with Crippen LogP contribution in [-0.4, -0.2) is 34.5 Å². The number of carbonyl (C=O) groups excluding carboxylic acids is 1. The van der Waals surface area contributed by atoms with Crippen LogP contribution in [0, 0.1) is 0 Å². The Labute approximate surface area is 176 Å². The van der Waals surface area contributed by atoms with E-state index in [1.54, 1.807) is 22.8 Å². The van der Waals surface area contributed by atoms with Gasteiger partial charge in [-0.1, -0.05) is 11.8 Å². The Kier molecular flexibility index (Phi) is 5.91. The van der Waals surface area contributed by atoms with Crippen molar-refractivity contribution in [2.24, 2.45) is 0 Å². The number of rotatable bonds is 7. The number of aryl methyl sites for hydroxylation is 2. The Morgan fingerprint density at radius 2 is 2.00 bits per heavy atom. The Morgan fingerprint density at radius 3 is 2.72 bits per heavy atom. The van der Waals surface area contributed by atoms with Crippen molar-refractivity contribution in [2.45, 2.75) is 38.3 Å². The first kappa shape index (κ1) is 20.0. The molecule has 0 saturated heterocycles. The van der Waals surface area contributed by atoms with E-state index in [0.29, 0.717) is 24.1 Å². The maximum absolute atomic E-state index is 13.5. The topological polar surface area (TPSA) is 70.4 Å². The summed E-state index contributed by atoms with van der Waals surface area (Å²) in [6.07, 6.45) is 3.01. The van der Waals surface area contributed by atoms with Gasteiger partial charge in [0.05, 0.1) is 30.0 Å². The molecule has 1 aliphatic carbocycles. The van der Waals surface area contributed by atoms with Crippen LogP contribution in [0.5, 0.6) is 5.75 Å². The zero-order valence-corrected chi connectivity index (χ0v) is 18.0. The average molecular weight is 431 g/mol. The zero-order chi connectivity index (χ0) is 20.4. The van der Waals surface area contributed by atoms with E-state index in [4.69, 9.17) is 14.5 Å². The number of hydrogen-bond acceptors (Lipinski definition) is 7. The summed E-state index contributed by atoms with van der Waals surface area (Å²) in [7, 11) is 0. The van der Waals surface area contributed by atoms with Crippen molar-refractivity contribution in [3.8, 4) is 11.4 Å². The highest BCUT2D eigenvalue weighted by Gasteiger charge is 2.24. The maximum Gasteiger partial charge on any atom is 0.316 e. The van der Waals surface area contributed by atoms with E-state index in [1.807, 2.05) is 31.2 Å². The summed E-state index contributed by atoms with van der Waals surface area (Å²) >= 11 is 2.83. The molecule has 2 heterocycles. The second-order valence-electron chi connectivity index (χ2n) is 6.59. The minimum atomic E-state index is -0.321. The molecule has 0 atom stereocenters. The van der Waals surface area contributed by atoms with Crippen LogP contribution in [-0.2, 0) is 22.4 Å². The van der Waals surface area contributed by atoms with Gasteiger partial charge in [-0.05, 0) is 62.9 Å². The van der Waals surface area contributed by atoms with Crippen LogP contribution < -0.4 is 10.3 Å². The lowest BCUT2D eigenvalue weighted by Crippen LogP contribution is -2.22. The average Bonchev–Trinajstić information content (AvgIpc) is 3.28. The highest BCUT2D eigenvalue weighted by atomic mass is 32.2. The van der Waals surface area contributed by atoms with Crippen molar-refractivity contribution in [1.29, 1.82) is 0 Å². The number of thioether (sulfide) groups is 1. The largest absolute Gasteiger partial charge is 0.494 e. The first-order valence-corrected chi connectivity index (χ1v) is 11.5. The number of aromatic nitrogens is 2. The van der Waals surface area contributed by atoms with E-state index >= 15 is 0 Å². The van der Waals surface area contributed by atoms with Crippen molar-refractivity contribution in [1.82, 2.24) is 9.55 Å². The van der Waals surface area contributed by atoms with Crippen LogP contribution in [0.3, 0.4) is 0 Å². The van der Waals surface area contributed by atoms with E-state index < -0.39 is 0 Å². The molecule has 152 valence electrons.